The minimum Gasteiger partial charge on any atom is -0.383 e. The van der Waals surface area contributed by atoms with Crippen LogP contribution < -0.4 is 21.6 Å². The number of nitrogens with zero attached hydrogens (tertiary/aromatic N) is 4. The van der Waals surface area contributed by atoms with Crippen molar-refractivity contribution in [1.82, 2.24) is 21.0 Å². The standard InChI is InChI=1S/C27H21Cl2FN8OS/c1-39-5-4-38-13-23(36-37-38)27(24-6-15(10-31)14-40-24)35-18-7-19-25(34-17-2-3-22(30)20(28)8-17)16(11-32)12-33-26(19)21(29)9-18/h2-3,6-9,12-14,27,35-37H,4-5H2,1H3,(H,33,34)/t27-/m1/s1. The van der Waals surface area contributed by atoms with E-state index in [-0.39, 0.29) is 16.6 Å². The van der Waals surface area contributed by atoms with Crippen LogP contribution in [0.1, 0.15) is 22.0 Å². The zero-order valence-corrected chi connectivity index (χ0v) is 23.3. The van der Waals surface area contributed by atoms with Crippen LogP contribution in [0.25, 0.3) is 10.9 Å². The number of fused-ring (bicyclic) bond motifs is 1. The second-order valence-electron chi connectivity index (χ2n) is 8.70. The summed E-state index contributed by atoms with van der Waals surface area (Å²) in [7, 11) is 1.64. The Hall–Kier alpha value is -4.10. The topological polar surface area (TPSA) is 121 Å². The van der Waals surface area contributed by atoms with Gasteiger partial charge in [-0.2, -0.15) is 10.5 Å². The molecule has 0 amide bonds. The molecule has 0 unspecified atom stereocenters. The third kappa shape index (κ3) is 5.75. The summed E-state index contributed by atoms with van der Waals surface area (Å²) >= 11 is 14.1. The molecule has 0 saturated carbocycles. The maximum absolute atomic E-state index is 13.8. The van der Waals surface area contributed by atoms with Gasteiger partial charge in [-0.3, -0.25) is 9.99 Å². The second kappa shape index (κ2) is 12.0. The van der Waals surface area contributed by atoms with Gasteiger partial charge < -0.3 is 20.8 Å². The highest BCUT2D eigenvalue weighted by molar-refractivity contribution is 7.10. The molecule has 0 radical (unpaired) electrons. The number of nitriles is 2. The number of pyridine rings is 1. The lowest BCUT2D eigenvalue weighted by molar-refractivity contribution is 0.148. The van der Waals surface area contributed by atoms with Gasteiger partial charge in [0.15, 0.2) is 0 Å². The van der Waals surface area contributed by atoms with Gasteiger partial charge >= 0.3 is 0 Å². The number of aromatic nitrogens is 1. The smallest absolute Gasteiger partial charge is 0.141 e. The molecule has 0 saturated heterocycles. The Kier molecular flexibility index (Phi) is 8.21. The highest BCUT2D eigenvalue weighted by Gasteiger charge is 2.25. The van der Waals surface area contributed by atoms with Gasteiger partial charge in [0.05, 0.1) is 51.2 Å². The average Bonchev–Trinajstić information content (AvgIpc) is 3.63. The normalized spacial score (nSPS) is 13.3. The molecule has 1 aliphatic heterocycles. The average molecular weight is 595 g/mol. The predicted molar refractivity (Wildman–Crippen MR) is 154 cm³/mol. The summed E-state index contributed by atoms with van der Waals surface area (Å²) in [6, 6.07) is 13.6. The fourth-order valence-corrected chi connectivity index (χ4v) is 5.49. The molecule has 202 valence electrons. The number of thiophene rings is 1. The van der Waals surface area contributed by atoms with E-state index < -0.39 is 5.82 Å². The van der Waals surface area contributed by atoms with E-state index in [9.17, 15) is 14.9 Å². The molecule has 1 aliphatic rings. The number of methoxy groups -OCH3 is 1. The van der Waals surface area contributed by atoms with Crippen LogP contribution in [0.4, 0.5) is 21.5 Å². The van der Waals surface area contributed by atoms with Crippen molar-refractivity contribution in [3.05, 3.63) is 91.7 Å². The first kappa shape index (κ1) is 27.5. The Morgan fingerprint density at radius 2 is 1.98 bits per heavy atom. The molecule has 9 nitrogen and oxygen atoms in total. The Morgan fingerprint density at radius 1 is 1.15 bits per heavy atom. The van der Waals surface area contributed by atoms with Crippen LogP contribution in [0.3, 0.4) is 0 Å². The Balaban J connectivity index is 1.56. The zero-order valence-electron chi connectivity index (χ0n) is 20.9. The number of benzene rings is 2. The van der Waals surface area contributed by atoms with E-state index in [1.807, 2.05) is 23.3 Å². The summed E-state index contributed by atoms with van der Waals surface area (Å²) in [6.45, 7) is 1.14. The largest absolute Gasteiger partial charge is 0.383 e. The molecule has 3 heterocycles. The first-order chi connectivity index (χ1) is 19.4. The molecule has 2 aromatic heterocycles. The summed E-state index contributed by atoms with van der Waals surface area (Å²) in [6.07, 6.45) is 3.35. The van der Waals surface area contributed by atoms with Crippen LogP contribution in [-0.2, 0) is 4.74 Å². The van der Waals surface area contributed by atoms with Crippen LogP contribution in [0, 0.1) is 28.5 Å². The zero-order chi connectivity index (χ0) is 28.2. The van der Waals surface area contributed by atoms with Crippen LogP contribution in [0.15, 0.2) is 59.9 Å². The van der Waals surface area contributed by atoms with Gasteiger partial charge in [-0.15, -0.1) is 16.9 Å². The van der Waals surface area contributed by atoms with Crippen molar-refractivity contribution in [1.29, 1.82) is 10.5 Å². The Bertz CT molecular complexity index is 1700. The Labute approximate surface area is 243 Å². The first-order valence-corrected chi connectivity index (χ1v) is 13.5. The van der Waals surface area contributed by atoms with Crippen molar-refractivity contribution < 1.29 is 9.13 Å². The van der Waals surface area contributed by atoms with E-state index in [1.54, 1.807) is 18.6 Å². The van der Waals surface area contributed by atoms with Gasteiger partial charge in [0.25, 0.3) is 0 Å². The number of nitrogens with one attached hydrogen (secondary N) is 4. The van der Waals surface area contributed by atoms with Gasteiger partial charge in [0.1, 0.15) is 24.0 Å². The number of hydrogen-bond acceptors (Lipinski definition) is 10. The molecule has 13 heteroatoms. The van der Waals surface area contributed by atoms with E-state index >= 15 is 0 Å². The summed E-state index contributed by atoms with van der Waals surface area (Å²) in [5.74, 6) is -0.550. The van der Waals surface area contributed by atoms with Gasteiger partial charge in [-0.1, -0.05) is 23.2 Å². The minimum absolute atomic E-state index is 0.0525. The van der Waals surface area contributed by atoms with Crippen molar-refractivity contribution in [2.75, 3.05) is 30.9 Å². The summed E-state index contributed by atoms with van der Waals surface area (Å²) in [4.78, 5) is 5.29. The lowest BCUT2D eigenvalue weighted by atomic mass is 10.1. The molecule has 1 atom stereocenters. The van der Waals surface area contributed by atoms with Crippen LogP contribution in [0.2, 0.25) is 10.0 Å². The maximum atomic E-state index is 13.8. The fraction of sp³-hybridized carbons (Fsp3) is 0.148. The van der Waals surface area contributed by atoms with Crippen LogP contribution in [0.5, 0.6) is 0 Å². The number of rotatable bonds is 9. The predicted octanol–water partition coefficient (Wildman–Crippen LogP) is 6.19. The summed E-state index contributed by atoms with van der Waals surface area (Å²) in [5.41, 5.74) is 9.97. The third-order valence-electron chi connectivity index (χ3n) is 6.06. The van der Waals surface area contributed by atoms with Crippen molar-refractivity contribution in [2.45, 2.75) is 6.04 Å². The van der Waals surface area contributed by atoms with Crippen LogP contribution >= 0.6 is 34.5 Å². The lowest BCUT2D eigenvalue weighted by Gasteiger charge is -2.21. The van der Waals surface area contributed by atoms with E-state index in [0.717, 1.165) is 10.6 Å². The molecule has 2 aromatic carbocycles. The van der Waals surface area contributed by atoms with Crippen molar-refractivity contribution in [3.63, 3.8) is 0 Å². The van der Waals surface area contributed by atoms with E-state index in [2.05, 4.69) is 38.7 Å². The van der Waals surface area contributed by atoms with E-state index in [0.29, 0.717) is 51.7 Å². The minimum atomic E-state index is -0.550. The van der Waals surface area contributed by atoms with Crippen LogP contribution in [-0.4, -0.2) is 30.3 Å². The number of hydrazine groups is 2. The van der Waals surface area contributed by atoms with Crippen molar-refractivity contribution in [2.24, 2.45) is 0 Å². The highest BCUT2D eigenvalue weighted by atomic mass is 35.5. The number of halogens is 3. The van der Waals surface area contributed by atoms with Gasteiger partial charge in [0.2, 0.25) is 0 Å². The monoisotopic (exact) mass is 594 g/mol. The quantitative estimate of drug-likeness (QED) is 0.179. The third-order valence-corrected chi connectivity index (χ3v) is 7.64. The van der Waals surface area contributed by atoms with Crippen molar-refractivity contribution >= 4 is 62.5 Å². The molecule has 40 heavy (non-hydrogen) atoms. The van der Waals surface area contributed by atoms with E-state index in [1.165, 1.54) is 35.7 Å². The number of hydrogen-bond donors (Lipinski definition) is 4. The molecular weight excluding hydrogens is 574 g/mol. The molecule has 4 aromatic rings. The highest BCUT2D eigenvalue weighted by Crippen LogP contribution is 2.38. The second-order valence-corrected chi connectivity index (χ2v) is 10.5. The van der Waals surface area contributed by atoms with Gasteiger partial charge in [-0.25, -0.2) is 4.39 Å². The number of ether oxygens (including phenoxy) is 1. The molecule has 0 bridgehead atoms. The Morgan fingerprint density at radius 3 is 2.70 bits per heavy atom. The van der Waals surface area contributed by atoms with Gasteiger partial charge in [-0.05, 0) is 36.4 Å². The maximum Gasteiger partial charge on any atom is 0.141 e. The molecule has 0 aliphatic carbocycles. The molecular formula is C27H21Cl2FN8OS. The fourth-order valence-electron chi connectivity index (χ4n) is 4.14. The lowest BCUT2D eigenvalue weighted by Crippen LogP contribution is -2.39. The first-order valence-electron chi connectivity index (χ1n) is 11.9. The number of anilines is 3. The summed E-state index contributed by atoms with van der Waals surface area (Å²) < 4.78 is 18.9. The van der Waals surface area contributed by atoms with E-state index in [4.69, 9.17) is 27.9 Å². The SMILES string of the molecule is COCCN1C=C([C@@H](Nc2cc(Cl)c3ncc(C#N)c(Nc4ccc(F)c(Cl)c4)c3c2)c2cc(C#N)cs2)NN1. The molecule has 0 spiro atoms. The van der Waals surface area contributed by atoms with Crippen molar-refractivity contribution in [3.8, 4) is 12.1 Å². The molecule has 5 rings (SSSR count). The van der Waals surface area contributed by atoms with Gasteiger partial charge in [0, 0.05) is 46.5 Å². The molecule has 4 N–H and O–H groups in total. The summed E-state index contributed by atoms with van der Waals surface area (Å²) in [5, 5.41) is 30.4. The molecule has 0 fully saturated rings.